The molecule has 0 spiro atoms. The van der Waals surface area contributed by atoms with Crippen molar-refractivity contribution in [3.8, 4) is 0 Å². The minimum absolute atomic E-state index is 0.0142. The molecule has 140 valence electrons. The predicted octanol–water partition coefficient (Wildman–Crippen LogP) is 3.99. The number of thiol groups is 1. The largest absolute Gasteiger partial charge is 0.462 e. The first-order valence-electron chi connectivity index (χ1n) is 9.30. The maximum Gasteiger partial charge on any atom is 0.306 e. The van der Waals surface area contributed by atoms with Crippen molar-refractivity contribution in [2.45, 2.75) is 77.4 Å². The zero-order chi connectivity index (χ0) is 18.4. The summed E-state index contributed by atoms with van der Waals surface area (Å²) in [4.78, 5) is 23.9. The van der Waals surface area contributed by atoms with Gasteiger partial charge in [-0.05, 0) is 49.9 Å². The Morgan fingerprint density at radius 2 is 2.04 bits per heavy atom. The molecule has 5 heteroatoms. The standard InChI is InChI=1S/C20H30O4S/c1-13(6-8-17-14(2)18(21)9-10-19(17)22)4-3-5-16(25)12-15-7-11-20(23)24-15/h5-6,14-15,17,19,22,25H,3-4,7-12H2,1-2H3/b13-6+,16-5-/t14-,15-,17-,19-/m1/s1. The van der Waals surface area contributed by atoms with Crippen molar-refractivity contribution in [3.05, 3.63) is 22.6 Å². The lowest BCUT2D eigenvalue weighted by Crippen LogP contribution is -2.36. The number of esters is 1. The van der Waals surface area contributed by atoms with Crippen LogP contribution in [0.3, 0.4) is 0 Å². The van der Waals surface area contributed by atoms with Gasteiger partial charge in [0.25, 0.3) is 0 Å². The minimum Gasteiger partial charge on any atom is -0.462 e. The van der Waals surface area contributed by atoms with Crippen LogP contribution in [0, 0.1) is 11.8 Å². The molecule has 1 saturated heterocycles. The van der Waals surface area contributed by atoms with Crippen LogP contribution in [-0.4, -0.2) is 29.1 Å². The van der Waals surface area contributed by atoms with E-state index < -0.39 is 0 Å². The molecule has 2 aliphatic rings. The molecule has 0 unspecified atom stereocenters. The molecule has 4 atom stereocenters. The first-order valence-corrected chi connectivity index (χ1v) is 9.75. The van der Waals surface area contributed by atoms with Gasteiger partial charge in [0.15, 0.2) is 0 Å². The van der Waals surface area contributed by atoms with Crippen LogP contribution in [-0.2, 0) is 14.3 Å². The predicted molar refractivity (Wildman–Crippen MR) is 101 cm³/mol. The molecule has 4 nitrogen and oxygen atoms in total. The number of hydrogen-bond donors (Lipinski definition) is 2. The first-order chi connectivity index (χ1) is 11.9. The van der Waals surface area contributed by atoms with Gasteiger partial charge in [-0.3, -0.25) is 9.59 Å². The van der Waals surface area contributed by atoms with E-state index in [4.69, 9.17) is 4.74 Å². The number of carbonyl (C=O) groups is 2. The third-order valence-corrected chi connectivity index (χ3v) is 5.76. The molecule has 0 aromatic carbocycles. The Balaban J connectivity index is 1.74. The molecule has 1 N–H and O–H groups in total. The highest BCUT2D eigenvalue weighted by atomic mass is 32.1. The third kappa shape index (κ3) is 6.30. The lowest BCUT2D eigenvalue weighted by Gasteiger charge is -2.31. The summed E-state index contributed by atoms with van der Waals surface area (Å²) in [6.07, 6.45) is 9.56. The van der Waals surface area contributed by atoms with Crippen LogP contribution < -0.4 is 0 Å². The number of aliphatic hydroxyl groups is 1. The van der Waals surface area contributed by atoms with E-state index in [9.17, 15) is 14.7 Å². The summed E-state index contributed by atoms with van der Waals surface area (Å²) in [6.45, 7) is 4.02. The Morgan fingerprint density at radius 3 is 2.72 bits per heavy atom. The Hall–Kier alpha value is -1.07. The number of cyclic esters (lactones) is 1. The average Bonchev–Trinajstić information content (AvgIpc) is 2.96. The van der Waals surface area contributed by atoms with E-state index in [1.807, 2.05) is 6.92 Å². The molecule has 1 heterocycles. The molecule has 0 radical (unpaired) electrons. The van der Waals surface area contributed by atoms with Crippen molar-refractivity contribution in [1.29, 1.82) is 0 Å². The highest BCUT2D eigenvalue weighted by Gasteiger charge is 2.33. The molecular weight excluding hydrogens is 336 g/mol. The van der Waals surface area contributed by atoms with Gasteiger partial charge >= 0.3 is 5.97 Å². The van der Waals surface area contributed by atoms with Crippen LogP contribution in [0.4, 0.5) is 0 Å². The van der Waals surface area contributed by atoms with Crippen molar-refractivity contribution in [2.75, 3.05) is 0 Å². The highest BCUT2D eigenvalue weighted by molar-refractivity contribution is 7.84. The van der Waals surface area contributed by atoms with Crippen LogP contribution >= 0.6 is 12.6 Å². The van der Waals surface area contributed by atoms with Crippen molar-refractivity contribution in [1.82, 2.24) is 0 Å². The molecule has 1 saturated carbocycles. The summed E-state index contributed by atoms with van der Waals surface area (Å²) in [5.74, 6) is 0.161. The van der Waals surface area contributed by atoms with Gasteiger partial charge in [-0.25, -0.2) is 0 Å². The van der Waals surface area contributed by atoms with E-state index in [-0.39, 0.29) is 35.8 Å². The van der Waals surface area contributed by atoms with Crippen LogP contribution in [0.2, 0.25) is 0 Å². The van der Waals surface area contributed by atoms with Crippen LogP contribution in [0.5, 0.6) is 0 Å². The fourth-order valence-electron chi connectivity index (χ4n) is 3.61. The number of ketones is 1. The van der Waals surface area contributed by atoms with Gasteiger partial charge < -0.3 is 9.84 Å². The average molecular weight is 367 g/mol. The Morgan fingerprint density at radius 1 is 1.28 bits per heavy atom. The molecule has 0 aromatic heterocycles. The SMILES string of the molecule is C/C(=C\C[C@H]1[C@H](O)CCC(=O)[C@@H]1C)CC/C=C(\S)C[C@H]1CCC(=O)O1. The smallest absolute Gasteiger partial charge is 0.306 e. The van der Waals surface area contributed by atoms with Gasteiger partial charge in [0.1, 0.15) is 11.9 Å². The van der Waals surface area contributed by atoms with Crippen molar-refractivity contribution >= 4 is 24.4 Å². The lowest BCUT2D eigenvalue weighted by atomic mass is 9.75. The zero-order valence-electron chi connectivity index (χ0n) is 15.2. The summed E-state index contributed by atoms with van der Waals surface area (Å²) in [6, 6.07) is 0. The summed E-state index contributed by atoms with van der Waals surface area (Å²) in [7, 11) is 0. The number of aliphatic hydroxyl groups excluding tert-OH is 1. The van der Waals surface area contributed by atoms with Gasteiger partial charge in [0, 0.05) is 25.2 Å². The third-order valence-electron chi connectivity index (χ3n) is 5.39. The second kappa shape index (κ2) is 9.58. The second-order valence-corrected chi connectivity index (χ2v) is 7.97. The number of hydrogen-bond acceptors (Lipinski definition) is 5. The number of allylic oxidation sites excluding steroid dienone is 3. The van der Waals surface area contributed by atoms with Gasteiger partial charge in [0.05, 0.1) is 6.10 Å². The van der Waals surface area contributed by atoms with Crippen molar-refractivity contribution in [3.63, 3.8) is 0 Å². The molecular formula is C20H30O4S. The fourth-order valence-corrected chi connectivity index (χ4v) is 3.95. The molecule has 2 fully saturated rings. The fraction of sp³-hybridized carbons (Fsp3) is 0.700. The molecule has 1 aliphatic heterocycles. The van der Waals surface area contributed by atoms with Gasteiger partial charge in [-0.1, -0.05) is 24.6 Å². The normalized spacial score (nSPS) is 31.4. The number of rotatable bonds is 7. The van der Waals surface area contributed by atoms with E-state index >= 15 is 0 Å². The second-order valence-electron chi connectivity index (χ2n) is 7.40. The monoisotopic (exact) mass is 366 g/mol. The molecule has 2 rings (SSSR count). The van der Waals surface area contributed by atoms with Crippen LogP contribution in [0.15, 0.2) is 22.6 Å². The van der Waals surface area contributed by atoms with Crippen LogP contribution in [0.25, 0.3) is 0 Å². The molecule has 0 aromatic rings. The summed E-state index contributed by atoms with van der Waals surface area (Å²) >= 11 is 4.49. The maximum atomic E-state index is 11.8. The van der Waals surface area contributed by atoms with E-state index in [2.05, 4.69) is 31.7 Å². The molecule has 25 heavy (non-hydrogen) atoms. The first kappa shape index (κ1) is 20.2. The van der Waals surface area contributed by atoms with E-state index in [0.717, 1.165) is 30.6 Å². The Bertz CT molecular complexity index is 552. The summed E-state index contributed by atoms with van der Waals surface area (Å²) in [5.41, 5.74) is 1.27. The summed E-state index contributed by atoms with van der Waals surface area (Å²) in [5, 5.41) is 10.1. The molecule has 0 amide bonds. The van der Waals surface area contributed by atoms with Crippen molar-refractivity contribution in [2.24, 2.45) is 11.8 Å². The number of carbonyl (C=O) groups excluding carboxylic acids is 2. The quantitative estimate of drug-likeness (QED) is 0.406. The van der Waals surface area contributed by atoms with E-state index in [1.54, 1.807) is 0 Å². The topological polar surface area (TPSA) is 63.6 Å². The van der Waals surface area contributed by atoms with E-state index in [1.165, 1.54) is 5.57 Å². The zero-order valence-corrected chi connectivity index (χ0v) is 16.1. The number of Topliss-reactive ketones (excluding diaryl/α,β-unsaturated/α-hetero) is 1. The summed E-state index contributed by atoms with van der Waals surface area (Å²) < 4.78 is 5.20. The van der Waals surface area contributed by atoms with Crippen molar-refractivity contribution < 1.29 is 19.4 Å². The Kier molecular flexibility index (Phi) is 7.76. The van der Waals surface area contributed by atoms with Gasteiger partial charge in [-0.15, -0.1) is 12.6 Å². The van der Waals surface area contributed by atoms with Gasteiger partial charge in [0.2, 0.25) is 0 Å². The highest BCUT2D eigenvalue weighted by Crippen LogP contribution is 2.31. The Labute approximate surface area is 156 Å². The van der Waals surface area contributed by atoms with E-state index in [0.29, 0.717) is 25.7 Å². The minimum atomic E-state index is -0.366. The van der Waals surface area contributed by atoms with Gasteiger partial charge in [-0.2, -0.15) is 0 Å². The van der Waals surface area contributed by atoms with Crippen LogP contribution in [0.1, 0.15) is 65.2 Å². The molecule has 0 bridgehead atoms. The molecule has 1 aliphatic carbocycles. The lowest BCUT2D eigenvalue weighted by molar-refractivity contribution is -0.141. The maximum absolute atomic E-state index is 11.8. The number of ether oxygens (including phenoxy) is 1.